The van der Waals surface area contributed by atoms with Crippen LogP contribution in [-0.4, -0.2) is 60.0 Å². The van der Waals surface area contributed by atoms with Crippen LogP contribution >= 0.6 is 11.6 Å². The van der Waals surface area contributed by atoms with Crippen molar-refractivity contribution in [3.63, 3.8) is 0 Å². The van der Waals surface area contributed by atoms with Gasteiger partial charge in [-0.05, 0) is 55.3 Å². The summed E-state index contributed by atoms with van der Waals surface area (Å²) in [5.74, 6) is -0.0358. The smallest absolute Gasteiger partial charge is 0.251 e. The first-order valence-electron chi connectivity index (χ1n) is 11.0. The van der Waals surface area contributed by atoms with E-state index in [1.807, 2.05) is 18.2 Å². The Labute approximate surface area is 189 Å². The number of benzene rings is 2. The van der Waals surface area contributed by atoms with Gasteiger partial charge >= 0.3 is 0 Å². The van der Waals surface area contributed by atoms with Crippen LogP contribution in [0.25, 0.3) is 10.9 Å². The number of fused-ring (bicyclic) bond motifs is 1. The highest BCUT2D eigenvalue weighted by molar-refractivity contribution is 6.29. The van der Waals surface area contributed by atoms with E-state index in [1.165, 1.54) is 5.56 Å². The van der Waals surface area contributed by atoms with E-state index in [1.54, 1.807) is 12.1 Å². The topological polar surface area (TPSA) is 48.5 Å². The predicted octanol–water partition coefficient (Wildman–Crippen LogP) is 4.22. The molecule has 1 amide bonds. The summed E-state index contributed by atoms with van der Waals surface area (Å²) in [5.41, 5.74) is 2.84. The summed E-state index contributed by atoms with van der Waals surface area (Å²) in [4.78, 5) is 21.8. The van der Waals surface area contributed by atoms with Gasteiger partial charge in [0.2, 0.25) is 0 Å². The minimum atomic E-state index is -0.0358. The molecule has 0 saturated carbocycles. The molecule has 1 fully saturated rings. The quantitative estimate of drug-likeness (QED) is 0.424. The van der Waals surface area contributed by atoms with Gasteiger partial charge in [0, 0.05) is 50.2 Å². The average Bonchev–Trinajstić information content (AvgIpc) is 2.80. The van der Waals surface area contributed by atoms with Crippen LogP contribution < -0.4 is 5.32 Å². The lowest BCUT2D eigenvalue weighted by atomic mass is 10.1. The molecule has 4 rings (SSSR count). The minimum Gasteiger partial charge on any atom is -0.352 e. The van der Waals surface area contributed by atoms with Gasteiger partial charge in [0.1, 0.15) is 5.15 Å². The molecule has 0 unspecified atom stereocenters. The Morgan fingerprint density at radius 3 is 2.52 bits per heavy atom. The van der Waals surface area contributed by atoms with Crippen molar-refractivity contribution in [2.24, 2.45) is 0 Å². The number of hydrogen-bond donors (Lipinski definition) is 1. The number of nitrogens with one attached hydrogen (secondary N) is 1. The van der Waals surface area contributed by atoms with E-state index in [2.05, 4.69) is 50.4 Å². The van der Waals surface area contributed by atoms with E-state index in [0.29, 0.717) is 17.3 Å². The molecular formula is C25H29ClN4O. The van der Waals surface area contributed by atoms with Crippen molar-refractivity contribution < 1.29 is 4.79 Å². The molecular weight excluding hydrogens is 408 g/mol. The van der Waals surface area contributed by atoms with E-state index < -0.39 is 0 Å². The van der Waals surface area contributed by atoms with Crippen LogP contribution in [0.4, 0.5) is 0 Å². The van der Waals surface area contributed by atoms with Gasteiger partial charge in [0.05, 0.1) is 5.52 Å². The maximum Gasteiger partial charge on any atom is 0.251 e. The van der Waals surface area contributed by atoms with E-state index >= 15 is 0 Å². The normalized spacial score (nSPS) is 15.3. The Bertz CT molecular complexity index is 1000. The number of piperazine rings is 1. The standard InChI is InChI=1S/C25H29ClN4O/c26-24-11-9-21-18-22(8-10-23(21)28-24)25(31)27-12-4-5-13-29-14-16-30(17-15-29)19-20-6-2-1-3-7-20/h1-3,6-11,18H,4-5,12-17,19H2,(H,27,31). The summed E-state index contributed by atoms with van der Waals surface area (Å²) in [5, 5.41) is 4.42. The van der Waals surface area contributed by atoms with Gasteiger partial charge in [-0.25, -0.2) is 4.98 Å². The summed E-state index contributed by atoms with van der Waals surface area (Å²) in [7, 11) is 0. The van der Waals surface area contributed by atoms with Gasteiger partial charge in [-0.3, -0.25) is 9.69 Å². The lowest BCUT2D eigenvalue weighted by Crippen LogP contribution is -2.46. The minimum absolute atomic E-state index is 0.0358. The third kappa shape index (κ3) is 6.26. The number of rotatable bonds is 8. The fourth-order valence-corrected chi connectivity index (χ4v) is 4.17. The molecule has 3 aromatic rings. The van der Waals surface area contributed by atoms with Crippen LogP contribution in [0.5, 0.6) is 0 Å². The van der Waals surface area contributed by atoms with Crippen molar-refractivity contribution in [3.8, 4) is 0 Å². The molecule has 0 atom stereocenters. The second-order valence-corrected chi connectivity index (χ2v) is 8.50. The largest absolute Gasteiger partial charge is 0.352 e. The average molecular weight is 437 g/mol. The molecule has 31 heavy (non-hydrogen) atoms. The van der Waals surface area contributed by atoms with Crippen LogP contribution in [0.1, 0.15) is 28.8 Å². The Balaban J connectivity index is 1.12. The first-order chi connectivity index (χ1) is 15.2. The SMILES string of the molecule is O=C(NCCCCN1CCN(Cc2ccccc2)CC1)c1ccc2nc(Cl)ccc2c1. The van der Waals surface area contributed by atoms with Crippen molar-refractivity contribution in [2.45, 2.75) is 19.4 Å². The summed E-state index contributed by atoms with van der Waals surface area (Å²) in [6.07, 6.45) is 2.08. The molecule has 0 radical (unpaired) electrons. The Kier molecular flexibility index (Phi) is 7.52. The molecule has 1 N–H and O–H groups in total. The van der Waals surface area contributed by atoms with Crippen molar-refractivity contribution in [1.82, 2.24) is 20.1 Å². The fraction of sp³-hybridized carbons (Fsp3) is 0.360. The van der Waals surface area contributed by atoms with Crippen LogP contribution in [0.15, 0.2) is 60.7 Å². The Morgan fingerprint density at radius 2 is 1.71 bits per heavy atom. The third-order valence-corrected chi connectivity index (χ3v) is 6.03. The Morgan fingerprint density at radius 1 is 0.935 bits per heavy atom. The maximum atomic E-state index is 12.4. The van der Waals surface area contributed by atoms with E-state index in [0.717, 1.165) is 63.0 Å². The summed E-state index contributed by atoms with van der Waals surface area (Å²) in [6, 6.07) is 19.8. The highest BCUT2D eigenvalue weighted by atomic mass is 35.5. The molecule has 1 saturated heterocycles. The van der Waals surface area contributed by atoms with Crippen LogP contribution in [0.3, 0.4) is 0 Å². The zero-order valence-electron chi connectivity index (χ0n) is 17.8. The Hall–Kier alpha value is -2.47. The second kappa shape index (κ2) is 10.7. The molecule has 1 aromatic heterocycles. The molecule has 5 nitrogen and oxygen atoms in total. The lowest BCUT2D eigenvalue weighted by Gasteiger charge is -2.34. The molecule has 162 valence electrons. The summed E-state index contributed by atoms with van der Waals surface area (Å²) in [6.45, 7) is 7.31. The molecule has 1 aliphatic rings. The number of carbonyl (C=O) groups excluding carboxylic acids is 1. The highest BCUT2D eigenvalue weighted by Gasteiger charge is 2.16. The van der Waals surface area contributed by atoms with Gasteiger partial charge < -0.3 is 10.2 Å². The molecule has 2 aromatic carbocycles. The fourth-order valence-electron chi connectivity index (χ4n) is 4.02. The molecule has 6 heteroatoms. The predicted molar refractivity (Wildman–Crippen MR) is 126 cm³/mol. The number of amides is 1. The number of halogens is 1. The van der Waals surface area contributed by atoms with Gasteiger partial charge in [-0.15, -0.1) is 0 Å². The first kappa shape index (κ1) is 21.8. The molecule has 0 bridgehead atoms. The molecule has 0 aliphatic carbocycles. The lowest BCUT2D eigenvalue weighted by molar-refractivity contribution is 0.0951. The summed E-state index contributed by atoms with van der Waals surface area (Å²) >= 11 is 5.92. The number of unbranched alkanes of at least 4 members (excludes halogenated alkanes) is 1. The van der Waals surface area contributed by atoms with Gasteiger partial charge in [0.25, 0.3) is 5.91 Å². The van der Waals surface area contributed by atoms with Gasteiger partial charge in [-0.2, -0.15) is 0 Å². The highest BCUT2D eigenvalue weighted by Crippen LogP contribution is 2.17. The van der Waals surface area contributed by atoms with Gasteiger partial charge in [0.15, 0.2) is 0 Å². The first-order valence-corrected chi connectivity index (χ1v) is 11.4. The van der Waals surface area contributed by atoms with Crippen molar-refractivity contribution >= 4 is 28.4 Å². The zero-order chi connectivity index (χ0) is 21.5. The molecule has 0 spiro atoms. The summed E-state index contributed by atoms with van der Waals surface area (Å²) < 4.78 is 0. The number of pyridine rings is 1. The van der Waals surface area contributed by atoms with Crippen molar-refractivity contribution in [2.75, 3.05) is 39.3 Å². The van der Waals surface area contributed by atoms with Gasteiger partial charge in [-0.1, -0.05) is 41.9 Å². The molecule has 2 heterocycles. The van der Waals surface area contributed by atoms with E-state index in [4.69, 9.17) is 11.6 Å². The third-order valence-electron chi connectivity index (χ3n) is 5.82. The van der Waals surface area contributed by atoms with Crippen LogP contribution in [0.2, 0.25) is 5.15 Å². The molecule has 1 aliphatic heterocycles. The number of nitrogens with zero attached hydrogens (tertiary/aromatic N) is 3. The van der Waals surface area contributed by atoms with Crippen LogP contribution in [0, 0.1) is 0 Å². The van der Waals surface area contributed by atoms with Crippen molar-refractivity contribution in [3.05, 3.63) is 76.9 Å². The number of hydrogen-bond acceptors (Lipinski definition) is 4. The van der Waals surface area contributed by atoms with E-state index in [9.17, 15) is 4.79 Å². The monoisotopic (exact) mass is 436 g/mol. The van der Waals surface area contributed by atoms with Crippen molar-refractivity contribution in [1.29, 1.82) is 0 Å². The second-order valence-electron chi connectivity index (χ2n) is 8.11. The van der Waals surface area contributed by atoms with E-state index in [-0.39, 0.29) is 5.91 Å². The number of aromatic nitrogens is 1. The maximum absolute atomic E-state index is 12.4. The van der Waals surface area contributed by atoms with Crippen LogP contribution in [-0.2, 0) is 6.54 Å². The zero-order valence-corrected chi connectivity index (χ0v) is 18.5. The number of carbonyl (C=O) groups is 1.